The fourth-order valence-electron chi connectivity index (χ4n) is 2.24. The van der Waals surface area contributed by atoms with Gasteiger partial charge < -0.3 is 14.4 Å². The Bertz CT molecular complexity index is 721. The van der Waals surface area contributed by atoms with Crippen LogP contribution >= 0.6 is 11.6 Å². The highest BCUT2D eigenvalue weighted by atomic mass is 35.5. The molecule has 23 heavy (non-hydrogen) atoms. The third-order valence-electron chi connectivity index (χ3n) is 3.46. The maximum Gasteiger partial charge on any atom is 0.271 e. The quantitative estimate of drug-likeness (QED) is 0.591. The number of hydrogen-bond donors (Lipinski definition) is 0. The Morgan fingerprint density at radius 1 is 1.17 bits per heavy atom. The lowest BCUT2D eigenvalue weighted by Gasteiger charge is -2.22. The van der Waals surface area contributed by atoms with Crippen molar-refractivity contribution in [2.45, 2.75) is 6.54 Å². The molecule has 0 saturated heterocycles. The molecule has 6 nitrogen and oxygen atoms in total. The summed E-state index contributed by atoms with van der Waals surface area (Å²) in [6.07, 6.45) is 0. The predicted octanol–water partition coefficient (Wildman–Crippen LogP) is 3.90. The van der Waals surface area contributed by atoms with E-state index in [9.17, 15) is 10.1 Å². The molecule has 7 heteroatoms. The van der Waals surface area contributed by atoms with E-state index in [2.05, 4.69) is 0 Å². The molecule has 0 aliphatic heterocycles. The topological polar surface area (TPSA) is 64.8 Å². The molecule has 0 bridgehead atoms. The molecule has 0 saturated carbocycles. The Morgan fingerprint density at radius 3 is 2.48 bits per heavy atom. The summed E-state index contributed by atoms with van der Waals surface area (Å²) >= 11 is 6.16. The number of benzene rings is 2. The van der Waals surface area contributed by atoms with E-state index in [1.807, 2.05) is 24.1 Å². The zero-order valence-electron chi connectivity index (χ0n) is 13.1. The molecular formula is C16H17ClN2O4. The Balaban J connectivity index is 2.25. The van der Waals surface area contributed by atoms with Crippen molar-refractivity contribution < 1.29 is 14.4 Å². The fourth-order valence-corrected chi connectivity index (χ4v) is 2.56. The van der Waals surface area contributed by atoms with Gasteiger partial charge in [-0.3, -0.25) is 10.1 Å². The van der Waals surface area contributed by atoms with Crippen molar-refractivity contribution in [2.24, 2.45) is 0 Å². The van der Waals surface area contributed by atoms with Crippen LogP contribution in [0.4, 0.5) is 11.4 Å². The maximum absolute atomic E-state index is 10.8. The standard InChI is InChI=1S/C16H17ClN2O4/c1-18(15-7-5-12(19(20)21)8-14(15)17)10-11-4-6-13(22-2)9-16(11)23-3/h4-9H,10H2,1-3H3. The van der Waals surface area contributed by atoms with E-state index in [0.717, 1.165) is 5.56 Å². The van der Waals surface area contributed by atoms with Gasteiger partial charge in [-0.1, -0.05) is 11.6 Å². The summed E-state index contributed by atoms with van der Waals surface area (Å²) in [5, 5.41) is 11.1. The van der Waals surface area contributed by atoms with Gasteiger partial charge in [-0.05, 0) is 18.2 Å². The largest absolute Gasteiger partial charge is 0.497 e. The van der Waals surface area contributed by atoms with Crippen LogP contribution in [0, 0.1) is 10.1 Å². The molecule has 0 fully saturated rings. The lowest BCUT2D eigenvalue weighted by atomic mass is 10.1. The zero-order valence-corrected chi connectivity index (χ0v) is 13.8. The number of ether oxygens (including phenoxy) is 2. The van der Waals surface area contributed by atoms with Crippen LogP contribution in [-0.4, -0.2) is 26.2 Å². The van der Waals surface area contributed by atoms with Gasteiger partial charge in [0, 0.05) is 37.4 Å². The third-order valence-corrected chi connectivity index (χ3v) is 3.76. The highest BCUT2D eigenvalue weighted by Crippen LogP contribution is 2.32. The van der Waals surface area contributed by atoms with E-state index in [1.54, 1.807) is 26.4 Å². The van der Waals surface area contributed by atoms with Gasteiger partial charge in [0.25, 0.3) is 5.69 Å². The van der Waals surface area contributed by atoms with Crippen LogP contribution in [-0.2, 0) is 6.54 Å². The molecule has 0 atom stereocenters. The third kappa shape index (κ3) is 3.84. The molecule has 0 spiro atoms. The fraction of sp³-hybridized carbons (Fsp3) is 0.250. The molecule has 2 aromatic carbocycles. The van der Waals surface area contributed by atoms with E-state index < -0.39 is 4.92 Å². The zero-order chi connectivity index (χ0) is 17.0. The van der Waals surface area contributed by atoms with Crippen molar-refractivity contribution in [3.63, 3.8) is 0 Å². The number of hydrogen-bond acceptors (Lipinski definition) is 5. The van der Waals surface area contributed by atoms with E-state index in [1.165, 1.54) is 12.1 Å². The molecule has 2 aromatic rings. The van der Waals surface area contributed by atoms with Crippen LogP contribution in [0.1, 0.15) is 5.56 Å². The van der Waals surface area contributed by atoms with E-state index in [0.29, 0.717) is 28.8 Å². The second-order valence-electron chi connectivity index (χ2n) is 4.93. The second kappa shape index (κ2) is 7.19. The smallest absolute Gasteiger partial charge is 0.271 e. The number of non-ortho nitro benzene ring substituents is 1. The number of halogens is 1. The Morgan fingerprint density at radius 2 is 1.91 bits per heavy atom. The lowest BCUT2D eigenvalue weighted by Crippen LogP contribution is -2.17. The first-order valence-electron chi connectivity index (χ1n) is 6.82. The van der Waals surface area contributed by atoms with E-state index in [-0.39, 0.29) is 5.69 Å². The van der Waals surface area contributed by atoms with E-state index >= 15 is 0 Å². The molecule has 0 unspecified atom stereocenters. The highest BCUT2D eigenvalue weighted by Gasteiger charge is 2.14. The van der Waals surface area contributed by atoms with Gasteiger partial charge in [0.1, 0.15) is 11.5 Å². The molecular weight excluding hydrogens is 320 g/mol. The predicted molar refractivity (Wildman–Crippen MR) is 89.8 cm³/mol. The monoisotopic (exact) mass is 336 g/mol. The summed E-state index contributed by atoms with van der Waals surface area (Å²) in [5.41, 5.74) is 1.62. The van der Waals surface area contributed by atoms with Gasteiger partial charge >= 0.3 is 0 Å². The van der Waals surface area contributed by atoms with Crippen LogP contribution < -0.4 is 14.4 Å². The number of methoxy groups -OCH3 is 2. The molecule has 122 valence electrons. The normalized spacial score (nSPS) is 10.3. The van der Waals surface area contributed by atoms with Crippen molar-refractivity contribution in [3.8, 4) is 11.5 Å². The number of nitro groups is 1. The van der Waals surface area contributed by atoms with Gasteiger partial charge in [0.2, 0.25) is 0 Å². The minimum Gasteiger partial charge on any atom is -0.497 e. The molecule has 0 radical (unpaired) electrons. The average Bonchev–Trinajstić information content (AvgIpc) is 2.54. The first-order valence-corrected chi connectivity index (χ1v) is 7.20. The van der Waals surface area contributed by atoms with Gasteiger partial charge in [0.05, 0.1) is 29.9 Å². The van der Waals surface area contributed by atoms with Gasteiger partial charge in [-0.15, -0.1) is 0 Å². The Kier molecular flexibility index (Phi) is 5.28. The summed E-state index contributed by atoms with van der Waals surface area (Å²) in [7, 11) is 5.05. The summed E-state index contributed by atoms with van der Waals surface area (Å²) in [6, 6.07) is 9.98. The molecule has 2 rings (SSSR count). The van der Waals surface area contributed by atoms with Gasteiger partial charge in [-0.2, -0.15) is 0 Å². The summed E-state index contributed by atoms with van der Waals surface area (Å²) in [4.78, 5) is 12.2. The summed E-state index contributed by atoms with van der Waals surface area (Å²) < 4.78 is 10.6. The summed E-state index contributed by atoms with van der Waals surface area (Å²) in [5.74, 6) is 1.41. The number of anilines is 1. The SMILES string of the molecule is COc1ccc(CN(C)c2ccc([N+](=O)[O-])cc2Cl)c(OC)c1. The van der Waals surface area contributed by atoms with Crippen molar-refractivity contribution in [1.82, 2.24) is 0 Å². The summed E-state index contributed by atoms with van der Waals surface area (Å²) in [6.45, 7) is 0.532. The number of nitro benzene ring substituents is 1. The van der Waals surface area contributed by atoms with E-state index in [4.69, 9.17) is 21.1 Å². The van der Waals surface area contributed by atoms with Crippen LogP contribution in [0.2, 0.25) is 5.02 Å². The molecule has 0 amide bonds. The van der Waals surface area contributed by atoms with Crippen LogP contribution in [0.25, 0.3) is 0 Å². The van der Waals surface area contributed by atoms with Crippen LogP contribution in [0.15, 0.2) is 36.4 Å². The van der Waals surface area contributed by atoms with Gasteiger partial charge in [-0.25, -0.2) is 0 Å². The highest BCUT2D eigenvalue weighted by molar-refractivity contribution is 6.33. The van der Waals surface area contributed by atoms with Gasteiger partial charge in [0.15, 0.2) is 0 Å². The lowest BCUT2D eigenvalue weighted by molar-refractivity contribution is -0.384. The minimum absolute atomic E-state index is 0.0332. The average molecular weight is 337 g/mol. The molecule has 0 aliphatic rings. The Hall–Kier alpha value is -2.47. The first kappa shape index (κ1) is 16.9. The molecule has 0 N–H and O–H groups in total. The number of nitrogens with zero attached hydrogens (tertiary/aromatic N) is 2. The molecule has 0 heterocycles. The van der Waals surface area contributed by atoms with Crippen LogP contribution in [0.5, 0.6) is 11.5 Å². The van der Waals surface area contributed by atoms with Crippen molar-refractivity contribution in [2.75, 3.05) is 26.2 Å². The second-order valence-corrected chi connectivity index (χ2v) is 5.33. The van der Waals surface area contributed by atoms with Crippen molar-refractivity contribution >= 4 is 23.0 Å². The van der Waals surface area contributed by atoms with Crippen molar-refractivity contribution in [3.05, 3.63) is 57.1 Å². The first-order chi connectivity index (χ1) is 11.0. The minimum atomic E-state index is -0.470. The molecule has 0 aliphatic carbocycles. The molecule has 0 aromatic heterocycles. The van der Waals surface area contributed by atoms with Crippen LogP contribution in [0.3, 0.4) is 0 Å². The Labute approximate surface area is 139 Å². The maximum atomic E-state index is 10.8. The number of rotatable bonds is 6. The van der Waals surface area contributed by atoms with Crippen molar-refractivity contribution in [1.29, 1.82) is 0 Å².